The molecule has 1 unspecified atom stereocenters. The van der Waals surface area contributed by atoms with Crippen LogP contribution in [-0.4, -0.2) is 80.2 Å². The molecule has 4 aliphatic rings. The van der Waals surface area contributed by atoms with Crippen LogP contribution >= 0.6 is 0 Å². The summed E-state index contributed by atoms with van der Waals surface area (Å²) in [5.74, 6) is -0.483. The second-order valence-electron chi connectivity index (χ2n) is 17.9. The third-order valence-electron chi connectivity index (χ3n) is 13.5. The monoisotopic (exact) mass is 856 g/mol. The molecule has 15 nitrogen and oxygen atoms in total. The van der Waals surface area contributed by atoms with Crippen molar-refractivity contribution >= 4 is 33.5 Å². The number of halogens is 2. The highest BCUT2D eigenvalue weighted by Gasteiger charge is 2.54. The van der Waals surface area contributed by atoms with Crippen molar-refractivity contribution in [3.05, 3.63) is 118 Å². The van der Waals surface area contributed by atoms with Gasteiger partial charge in [-0.1, -0.05) is 6.07 Å². The Morgan fingerprint density at radius 2 is 1.79 bits per heavy atom. The van der Waals surface area contributed by atoms with Gasteiger partial charge in [0.1, 0.15) is 28.4 Å². The second kappa shape index (κ2) is 14.0. The predicted octanol–water partition coefficient (Wildman–Crippen LogP) is 6.51. The van der Waals surface area contributed by atoms with Gasteiger partial charge in [-0.15, -0.1) is 0 Å². The number of aliphatic hydroxyl groups excluding tert-OH is 1. The summed E-state index contributed by atoms with van der Waals surface area (Å²) >= 11 is 0. The van der Waals surface area contributed by atoms with E-state index in [2.05, 4.69) is 47.6 Å². The van der Waals surface area contributed by atoms with Gasteiger partial charge in [0.15, 0.2) is 11.7 Å². The molecule has 4 aromatic heterocycles. The molecule has 1 amide bonds. The minimum Gasteiger partial charge on any atom is -0.376 e. The Bertz CT molecular complexity index is 3130. The van der Waals surface area contributed by atoms with Crippen molar-refractivity contribution in [1.29, 1.82) is 0 Å². The molecule has 1 saturated heterocycles. The Hall–Kier alpha value is -6.43. The van der Waals surface area contributed by atoms with Crippen molar-refractivity contribution < 1.29 is 28.3 Å². The lowest BCUT2D eigenvalue weighted by Gasteiger charge is -2.36. The zero-order valence-corrected chi connectivity index (χ0v) is 35.5. The molecule has 0 bridgehead atoms. The first kappa shape index (κ1) is 39.4. The Labute approximate surface area is 359 Å². The van der Waals surface area contributed by atoms with Gasteiger partial charge in [0.05, 0.1) is 46.7 Å². The first-order chi connectivity index (χ1) is 30.2. The van der Waals surface area contributed by atoms with Gasteiger partial charge >= 0.3 is 5.69 Å². The summed E-state index contributed by atoms with van der Waals surface area (Å²) in [6.45, 7) is 9.05. The molecule has 324 valence electrons. The third-order valence-corrected chi connectivity index (χ3v) is 13.5. The molecular formula is C46H46F2N10O5. The maximum Gasteiger partial charge on any atom is 0.337 e. The Morgan fingerprint density at radius 3 is 2.54 bits per heavy atom. The summed E-state index contributed by atoms with van der Waals surface area (Å²) in [7, 11) is 1.72. The van der Waals surface area contributed by atoms with Gasteiger partial charge in [0, 0.05) is 49.1 Å². The molecule has 7 heterocycles. The summed E-state index contributed by atoms with van der Waals surface area (Å²) in [6, 6.07) is 15.6. The Kier molecular flexibility index (Phi) is 8.78. The van der Waals surface area contributed by atoms with Crippen LogP contribution in [0.5, 0.6) is 0 Å². The number of nitrogens with one attached hydrogen (secondary N) is 1. The van der Waals surface area contributed by atoms with E-state index < -0.39 is 29.5 Å². The summed E-state index contributed by atoms with van der Waals surface area (Å²) in [6.07, 6.45) is 6.22. The molecule has 2 N–H and O–H groups in total. The van der Waals surface area contributed by atoms with Crippen LogP contribution in [0.3, 0.4) is 0 Å². The molecule has 11 rings (SSSR count). The van der Waals surface area contributed by atoms with Gasteiger partial charge in [-0.05, 0) is 119 Å². The molecule has 3 atom stereocenters. The summed E-state index contributed by atoms with van der Waals surface area (Å²) in [4.78, 5) is 41.4. The van der Waals surface area contributed by atoms with Crippen molar-refractivity contribution in [3.63, 3.8) is 0 Å². The first-order valence-corrected chi connectivity index (χ1v) is 21.3. The number of ether oxygens (including phenoxy) is 1. The van der Waals surface area contributed by atoms with E-state index in [0.29, 0.717) is 77.8 Å². The van der Waals surface area contributed by atoms with Gasteiger partial charge in [0.2, 0.25) is 0 Å². The van der Waals surface area contributed by atoms with Crippen LogP contribution in [0.4, 0.5) is 8.78 Å². The van der Waals surface area contributed by atoms with Gasteiger partial charge < -0.3 is 19.3 Å². The molecule has 1 aliphatic carbocycles. The average molecular weight is 857 g/mol. The Morgan fingerprint density at radius 1 is 1.00 bits per heavy atom. The molecule has 0 spiro atoms. The average Bonchev–Trinajstić information content (AvgIpc) is 3.72. The number of aromatic nitrogens is 7. The van der Waals surface area contributed by atoms with Gasteiger partial charge in [0.25, 0.3) is 12.3 Å². The standard InChI is InChI=1S/C46H46F2N10O5/c1-25-20-28(6-8-32(25)47)38-40(56-16-15-55(44(56)61)35-11-10-34-31(37(35)48)24-49-53(34)5)39-26(2)54(17-18-57(39)51-38)41(59)36-22-30-21-27(29-12-19-62-45(3,4)23-29)7-9-33(30)58(36)46(13-14-46)42-50-43(60)63-52-42/h6-11,15-16,20-22,24,26,29,43,60H,12-14,17-19,23H2,1-5H3,(H,50,52)/t26-,29-,43?/m1/s1. The van der Waals surface area contributed by atoms with Gasteiger partial charge in [-0.3, -0.25) is 23.3 Å². The highest BCUT2D eigenvalue weighted by Crippen LogP contribution is 2.50. The number of rotatable bonds is 7. The van der Waals surface area contributed by atoms with Crippen LogP contribution in [0, 0.1) is 18.6 Å². The number of aliphatic hydroxyl groups is 1. The summed E-state index contributed by atoms with van der Waals surface area (Å²) in [5.41, 5.74) is 6.74. The first-order valence-electron chi connectivity index (χ1n) is 21.3. The SMILES string of the molecule is Cc1cc(-c2nn3c(c2-n2ccn(-c4ccc5c(cnn5C)c4F)c2=O)[C@@H](C)N(C(=O)c2cc4cc([C@@H]5CCOC(C)(C)C5)ccc4n2C2(C4=NC(O)ON4)CC2)CC3)ccc1F. The molecule has 7 aromatic rings. The zero-order chi connectivity index (χ0) is 43.7. The number of nitrogens with zero attached hydrogens (tertiary/aromatic N) is 9. The predicted molar refractivity (Wildman–Crippen MR) is 230 cm³/mol. The zero-order valence-electron chi connectivity index (χ0n) is 35.5. The van der Waals surface area contributed by atoms with Crippen LogP contribution in [0.2, 0.25) is 0 Å². The number of aliphatic imine (C=N–C) groups is 1. The molecule has 3 aliphatic heterocycles. The quantitative estimate of drug-likeness (QED) is 0.184. The number of aryl methyl sites for hydroxylation is 2. The van der Waals surface area contributed by atoms with Crippen LogP contribution in [0.1, 0.15) is 85.7 Å². The number of hydroxylamine groups is 1. The molecule has 1 saturated carbocycles. The third kappa shape index (κ3) is 6.11. The topological polar surface area (TPSA) is 151 Å². The lowest BCUT2D eigenvalue weighted by atomic mass is 9.83. The fraction of sp³-hybridized carbons (Fsp3) is 0.370. The fourth-order valence-electron chi connectivity index (χ4n) is 10.1. The van der Waals surface area contributed by atoms with Crippen molar-refractivity contribution in [1.82, 2.24) is 43.6 Å². The number of amidine groups is 1. The molecule has 17 heteroatoms. The minimum atomic E-state index is -1.37. The number of hydrogen-bond acceptors (Lipinski definition) is 9. The van der Waals surface area contributed by atoms with Crippen LogP contribution in [-0.2, 0) is 28.7 Å². The molecule has 3 aromatic carbocycles. The normalized spacial score (nSPS) is 21.5. The van der Waals surface area contributed by atoms with Gasteiger partial charge in [-0.2, -0.15) is 10.2 Å². The van der Waals surface area contributed by atoms with E-state index in [1.807, 2.05) is 17.6 Å². The fourth-order valence-corrected chi connectivity index (χ4v) is 10.1. The van der Waals surface area contributed by atoms with Crippen LogP contribution in [0.25, 0.3) is 44.4 Å². The maximum absolute atomic E-state index is 16.1. The number of fused-ring (bicyclic) bond motifs is 3. The number of carbonyl (C=O) groups is 1. The number of imidazole rings is 1. The van der Waals surface area contributed by atoms with Crippen molar-refractivity contribution in [2.75, 3.05) is 13.2 Å². The number of hydrogen-bond donors (Lipinski definition) is 2. The highest BCUT2D eigenvalue weighted by atomic mass is 19.1. The number of carbonyl (C=O) groups excluding carboxylic acids is 1. The lowest BCUT2D eigenvalue weighted by Crippen LogP contribution is -2.44. The van der Waals surface area contributed by atoms with E-state index in [0.717, 1.165) is 23.7 Å². The van der Waals surface area contributed by atoms with Gasteiger partial charge in [-0.25, -0.2) is 28.9 Å². The summed E-state index contributed by atoms with van der Waals surface area (Å²) in [5, 5.41) is 20.7. The molecular weight excluding hydrogens is 811 g/mol. The maximum atomic E-state index is 16.1. The molecule has 2 fully saturated rings. The van der Waals surface area contributed by atoms with Crippen LogP contribution < -0.4 is 11.2 Å². The van der Waals surface area contributed by atoms with Crippen molar-refractivity contribution in [2.24, 2.45) is 12.0 Å². The minimum absolute atomic E-state index is 0.0501. The second-order valence-corrected chi connectivity index (χ2v) is 17.9. The lowest BCUT2D eigenvalue weighted by molar-refractivity contribution is -0.103. The Balaban J connectivity index is 1.04. The van der Waals surface area contributed by atoms with E-state index >= 15 is 9.18 Å². The van der Waals surface area contributed by atoms with Crippen molar-refractivity contribution in [3.8, 4) is 22.6 Å². The van der Waals surface area contributed by atoms with Crippen LogP contribution in [0.15, 0.2) is 83.0 Å². The number of benzene rings is 3. The van der Waals surface area contributed by atoms with E-state index in [1.54, 1.807) is 58.7 Å². The number of amides is 1. The highest BCUT2D eigenvalue weighted by molar-refractivity contribution is 6.03. The van der Waals surface area contributed by atoms with E-state index in [1.165, 1.54) is 33.2 Å². The van der Waals surface area contributed by atoms with E-state index in [-0.39, 0.29) is 34.3 Å². The molecule has 63 heavy (non-hydrogen) atoms. The summed E-state index contributed by atoms with van der Waals surface area (Å²) < 4.78 is 44.9. The largest absolute Gasteiger partial charge is 0.376 e. The van der Waals surface area contributed by atoms with E-state index in [4.69, 9.17) is 14.7 Å². The smallest absolute Gasteiger partial charge is 0.337 e. The van der Waals surface area contributed by atoms with Crippen molar-refractivity contribution in [2.45, 2.75) is 89.4 Å². The molecule has 0 radical (unpaired) electrons. The van der Waals surface area contributed by atoms with E-state index in [9.17, 15) is 14.3 Å².